The lowest BCUT2D eigenvalue weighted by Gasteiger charge is -2.32. The first-order chi connectivity index (χ1) is 18.0. The van der Waals surface area contributed by atoms with E-state index in [9.17, 15) is 15.3 Å². The Morgan fingerprint density at radius 1 is 1.14 bits per heavy atom. The number of rotatable bonds is 7. The first-order valence-electron chi connectivity index (χ1n) is 12.2. The summed E-state index contributed by atoms with van der Waals surface area (Å²) in [5.41, 5.74) is 3.33. The van der Waals surface area contributed by atoms with Crippen LogP contribution in [0.25, 0.3) is 11.1 Å². The summed E-state index contributed by atoms with van der Waals surface area (Å²) in [7, 11) is 1.62. The molecule has 1 aliphatic heterocycles. The Labute approximate surface area is 218 Å². The van der Waals surface area contributed by atoms with E-state index in [4.69, 9.17) is 9.47 Å². The zero-order chi connectivity index (χ0) is 26.2. The molecule has 1 saturated heterocycles. The van der Waals surface area contributed by atoms with Crippen molar-refractivity contribution in [2.75, 3.05) is 20.2 Å². The SMILES string of the molecule is COc1ccccc1-c1cc(C#N)cc(OC2CCN(C(=O)/C(C#N)=C/C(C)c3cc#ccc3)CC2)c1. The first kappa shape index (κ1) is 25.4. The van der Waals surface area contributed by atoms with Crippen molar-refractivity contribution in [2.24, 2.45) is 0 Å². The van der Waals surface area contributed by atoms with Gasteiger partial charge in [0.2, 0.25) is 0 Å². The molecular formula is C31H27N3O3. The van der Waals surface area contributed by atoms with Crippen molar-refractivity contribution >= 4 is 5.91 Å². The van der Waals surface area contributed by atoms with Crippen LogP contribution >= 0.6 is 0 Å². The number of piperidine rings is 1. The minimum atomic E-state index is -0.260. The molecule has 3 aromatic carbocycles. The van der Waals surface area contributed by atoms with Crippen LogP contribution in [0.4, 0.5) is 0 Å². The number of carbonyl (C=O) groups excluding carboxylic acids is 1. The van der Waals surface area contributed by atoms with Gasteiger partial charge in [-0.1, -0.05) is 43.3 Å². The van der Waals surface area contributed by atoms with Gasteiger partial charge in [0.25, 0.3) is 5.91 Å². The fraction of sp³-hybridized carbons (Fsp3) is 0.258. The van der Waals surface area contributed by atoms with Crippen molar-refractivity contribution < 1.29 is 14.3 Å². The smallest absolute Gasteiger partial charge is 0.264 e. The van der Waals surface area contributed by atoms with Crippen molar-refractivity contribution in [1.82, 2.24) is 4.90 Å². The molecule has 0 bridgehead atoms. The van der Waals surface area contributed by atoms with Crippen LogP contribution in [-0.2, 0) is 4.79 Å². The Morgan fingerprint density at radius 2 is 1.92 bits per heavy atom. The lowest BCUT2D eigenvalue weighted by atomic mass is 9.98. The largest absolute Gasteiger partial charge is 0.496 e. The van der Waals surface area contributed by atoms with Crippen LogP contribution in [0.3, 0.4) is 0 Å². The molecular weight excluding hydrogens is 462 g/mol. The molecule has 0 aliphatic carbocycles. The molecule has 1 heterocycles. The number of hydrogen-bond donors (Lipinski definition) is 0. The Balaban J connectivity index is 1.42. The molecule has 4 rings (SSSR count). The molecule has 1 aliphatic rings. The fourth-order valence-electron chi connectivity index (χ4n) is 4.45. The molecule has 0 N–H and O–H groups in total. The van der Waals surface area contributed by atoms with Gasteiger partial charge in [-0.3, -0.25) is 4.79 Å². The van der Waals surface area contributed by atoms with Crippen molar-refractivity contribution in [1.29, 1.82) is 10.5 Å². The van der Waals surface area contributed by atoms with Gasteiger partial charge in [-0.2, -0.15) is 10.5 Å². The van der Waals surface area contributed by atoms with Crippen LogP contribution in [0, 0.1) is 34.8 Å². The van der Waals surface area contributed by atoms with Crippen molar-refractivity contribution in [3.05, 3.63) is 95.6 Å². The van der Waals surface area contributed by atoms with Crippen LogP contribution in [0.1, 0.15) is 36.8 Å². The summed E-state index contributed by atoms with van der Waals surface area (Å²) in [6, 6.07) is 28.6. The van der Waals surface area contributed by atoms with Crippen LogP contribution in [0.2, 0.25) is 0 Å². The normalized spacial score (nSPS) is 14.6. The number of nitrogens with zero attached hydrogens (tertiary/aromatic N) is 3. The average Bonchev–Trinajstić information content (AvgIpc) is 2.96. The van der Waals surface area contributed by atoms with E-state index in [2.05, 4.69) is 24.3 Å². The third-order valence-electron chi connectivity index (χ3n) is 6.46. The van der Waals surface area contributed by atoms with Gasteiger partial charge in [-0.25, -0.2) is 0 Å². The van der Waals surface area contributed by atoms with Gasteiger partial charge in [-0.15, -0.1) is 0 Å². The van der Waals surface area contributed by atoms with Crippen LogP contribution < -0.4 is 9.47 Å². The highest BCUT2D eigenvalue weighted by Crippen LogP contribution is 2.33. The standard InChI is InChI=1S/C31H27N3O3/c1-22(24-8-4-3-5-9-24)16-26(21-33)31(35)34-14-12-27(13-15-34)37-28-18-23(20-32)17-25(19-28)29-10-6-7-11-30(29)36-2/h4,6-11,16-19,22,27H,12-15H2,1-2H3/b26-16+. The second kappa shape index (κ2) is 11.8. The number of nitriles is 2. The summed E-state index contributed by atoms with van der Waals surface area (Å²) < 4.78 is 11.7. The lowest BCUT2D eigenvalue weighted by Crippen LogP contribution is -2.42. The van der Waals surface area contributed by atoms with Gasteiger partial charge in [0.05, 0.1) is 18.7 Å². The number of benzene rings is 2. The molecule has 1 amide bonds. The Kier molecular flexibility index (Phi) is 8.09. The minimum Gasteiger partial charge on any atom is -0.496 e. The van der Waals surface area contributed by atoms with Gasteiger partial charge >= 0.3 is 0 Å². The van der Waals surface area contributed by atoms with Crippen LogP contribution in [-0.4, -0.2) is 37.1 Å². The second-order valence-corrected chi connectivity index (χ2v) is 8.91. The Morgan fingerprint density at radius 3 is 2.59 bits per heavy atom. The summed E-state index contributed by atoms with van der Waals surface area (Å²) in [6.07, 6.45) is 2.86. The van der Waals surface area contributed by atoms with Gasteiger partial charge in [-0.05, 0) is 53.6 Å². The molecule has 0 aromatic heterocycles. The van der Waals surface area contributed by atoms with E-state index in [-0.39, 0.29) is 23.5 Å². The monoisotopic (exact) mass is 489 g/mol. The molecule has 0 radical (unpaired) electrons. The predicted molar refractivity (Wildman–Crippen MR) is 140 cm³/mol. The minimum absolute atomic E-state index is 0.0878. The van der Waals surface area contributed by atoms with Crippen LogP contribution in [0.5, 0.6) is 11.5 Å². The van der Waals surface area contributed by atoms with E-state index in [1.165, 1.54) is 0 Å². The second-order valence-electron chi connectivity index (χ2n) is 8.91. The highest BCUT2D eigenvalue weighted by atomic mass is 16.5. The zero-order valence-corrected chi connectivity index (χ0v) is 20.9. The first-order valence-corrected chi connectivity index (χ1v) is 12.2. The van der Waals surface area contributed by atoms with E-state index in [1.54, 1.807) is 30.2 Å². The molecule has 1 atom stereocenters. The van der Waals surface area contributed by atoms with Gasteiger partial charge in [0.1, 0.15) is 29.2 Å². The maximum absolute atomic E-state index is 13.0. The number of likely N-dealkylation sites (tertiary alicyclic amines) is 1. The number of amides is 1. The highest BCUT2D eigenvalue weighted by Gasteiger charge is 2.26. The molecule has 1 fully saturated rings. The van der Waals surface area contributed by atoms with E-state index in [1.807, 2.05) is 55.5 Å². The number of ether oxygens (including phenoxy) is 2. The molecule has 6 heteroatoms. The fourth-order valence-corrected chi connectivity index (χ4v) is 4.45. The third-order valence-corrected chi connectivity index (χ3v) is 6.46. The summed E-state index contributed by atoms with van der Waals surface area (Å²) in [4.78, 5) is 14.7. The van der Waals surface area contributed by atoms with Gasteiger partial charge < -0.3 is 14.4 Å². The summed E-state index contributed by atoms with van der Waals surface area (Å²) in [5.74, 6) is 0.974. The quantitative estimate of drug-likeness (QED) is 0.325. The molecule has 0 spiro atoms. The Bertz CT molecular complexity index is 1360. The molecule has 184 valence electrons. The highest BCUT2D eigenvalue weighted by molar-refractivity contribution is 5.97. The number of para-hydroxylation sites is 1. The van der Waals surface area contributed by atoms with Crippen molar-refractivity contribution in [3.8, 4) is 34.8 Å². The number of carbonyl (C=O) groups is 1. The van der Waals surface area contributed by atoms with Gasteiger partial charge in [0, 0.05) is 37.4 Å². The van der Waals surface area contributed by atoms with Crippen LogP contribution in [0.15, 0.2) is 72.3 Å². The number of allylic oxidation sites excluding steroid dienone is 1. The van der Waals surface area contributed by atoms with Crippen molar-refractivity contribution in [3.63, 3.8) is 0 Å². The number of hydrogen-bond acceptors (Lipinski definition) is 5. The summed E-state index contributed by atoms with van der Waals surface area (Å²) in [5, 5.41) is 19.2. The van der Waals surface area contributed by atoms with E-state index >= 15 is 0 Å². The molecule has 0 saturated carbocycles. The maximum Gasteiger partial charge on any atom is 0.264 e. The molecule has 37 heavy (non-hydrogen) atoms. The summed E-state index contributed by atoms with van der Waals surface area (Å²) in [6.45, 7) is 2.92. The van der Waals surface area contributed by atoms with E-state index in [0.717, 1.165) is 22.4 Å². The molecule has 3 aromatic rings. The molecule has 6 nitrogen and oxygen atoms in total. The predicted octanol–water partition coefficient (Wildman–Crippen LogP) is 5.46. The molecule has 1 unspecified atom stereocenters. The third kappa shape index (κ3) is 6.10. The zero-order valence-electron chi connectivity index (χ0n) is 20.9. The van der Waals surface area contributed by atoms with E-state index < -0.39 is 0 Å². The average molecular weight is 490 g/mol. The maximum atomic E-state index is 13.0. The lowest BCUT2D eigenvalue weighted by molar-refractivity contribution is -0.128. The summed E-state index contributed by atoms with van der Waals surface area (Å²) >= 11 is 0. The topological polar surface area (TPSA) is 86.3 Å². The number of methoxy groups -OCH3 is 1. The Hall–Kier alpha value is -4.73. The van der Waals surface area contributed by atoms with Crippen molar-refractivity contribution in [2.45, 2.75) is 31.8 Å². The van der Waals surface area contributed by atoms with E-state index in [0.29, 0.717) is 37.2 Å². The van der Waals surface area contributed by atoms with Gasteiger partial charge in [0.15, 0.2) is 0 Å².